The van der Waals surface area contributed by atoms with Gasteiger partial charge in [-0.15, -0.1) is 0 Å². The Kier molecular flexibility index (Phi) is 2.95. The Morgan fingerprint density at radius 1 is 1.37 bits per heavy atom. The van der Waals surface area contributed by atoms with E-state index in [1.54, 1.807) is 30.5 Å². The van der Waals surface area contributed by atoms with Gasteiger partial charge in [0.2, 0.25) is 0 Å². The largest absolute Gasteiger partial charge is 0.399 e. The van der Waals surface area contributed by atoms with Crippen molar-refractivity contribution in [3.05, 3.63) is 41.9 Å². The molecule has 19 heavy (non-hydrogen) atoms. The molecule has 0 fully saturated rings. The van der Waals surface area contributed by atoms with Gasteiger partial charge in [0, 0.05) is 24.2 Å². The summed E-state index contributed by atoms with van der Waals surface area (Å²) in [5.74, 6) is 1.66. The van der Waals surface area contributed by atoms with Crippen molar-refractivity contribution in [2.75, 3.05) is 11.1 Å². The predicted octanol–water partition coefficient (Wildman–Crippen LogP) is 2.05. The van der Waals surface area contributed by atoms with Crippen LogP contribution in [0.15, 0.2) is 30.5 Å². The monoisotopic (exact) mass is 256 g/mol. The molecule has 3 N–H and O–H groups in total. The number of carbonyl (C=O) groups excluding carboxylic acids is 1. The number of amides is 1. The van der Waals surface area contributed by atoms with Crippen LogP contribution in [0.1, 0.15) is 29.0 Å². The standard InChI is InChI=1S/C14H16N4O/c15-11-5-3-4-10(8-11)14(19)17-13-9-16-12-6-1-2-7-18(12)13/h3-5,8-9H,1-2,6-7,15H2,(H,17,19). The molecule has 1 aromatic carbocycles. The van der Waals surface area contributed by atoms with Gasteiger partial charge in [-0.25, -0.2) is 4.98 Å². The molecule has 98 valence electrons. The van der Waals surface area contributed by atoms with E-state index in [2.05, 4.69) is 14.9 Å². The SMILES string of the molecule is Nc1cccc(C(=O)Nc2cnc3n2CCCC3)c1. The molecule has 0 bridgehead atoms. The molecule has 5 heteroatoms. The summed E-state index contributed by atoms with van der Waals surface area (Å²) in [6, 6.07) is 6.95. The number of aromatic nitrogens is 2. The number of nitrogen functional groups attached to an aromatic ring is 1. The highest BCUT2D eigenvalue weighted by Gasteiger charge is 2.16. The van der Waals surface area contributed by atoms with Crippen molar-refractivity contribution >= 4 is 17.4 Å². The average molecular weight is 256 g/mol. The average Bonchev–Trinajstić information content (AvgIpc) is 2.82. The van der Waals surface area contributed by atoms with Gasteiger partial charge in [-0.2, -0.15) is 0 Å². The van der Waals surface area contributed by atoms with Crippen LogP contribution in [0.5, 0.6) is 0 Å². The minimum Gasteiger partial charge on any atom is -0.399 e. The molecule has 1 aromatic heterocycles. The fourth-order valence-corrected chi connectivity index (χ4v) is 2.38. The first kappa shape index (κ1) is 11.8. The van der Waals surface area contributed by atoms with Crippen molar-refractivity contribution < 1.29 is 4.79 Å². The molecular formula is C14H16N4O. The van der Waals surface area contributed by atoms with Gasteiger partial charge in [-0.05, 0) is 31.0 Å². The van der Waals surface area contributed by atoms with E-state index >= 15 is 0 Å². The number of nitrogens with one attached hydrogen (secondary N) is 1. The van der Waals surface area contributed by atoms with Crippen LogP contribution in [0, 0.1) is 0 Å². The summed E-state index contributed by atoms with van der Waals surface area (Å²) in [5.41, 5.74) is 6.83. The summed E-state index contributed by atoms with van der Waals surface area (Å²) in [7, 11) is 0. The van der Waals surface area contributed by atoms with Crippen LogP contribution in [0.2, 0.25) is 0 Å². The summed E-state index contributed by atoms with van der Waals surface area (Å²) in [4.78, 5) is 16.5. The molecule has 2 heterocycles. The van der Waals surface area contributed by atoms with Crippen LogP contribution in [-0.2, 0) is 13.0 Å². The molecule has 0 saturated heterocycles. The molecule has 0 atom stereocenters. The summed E-state index contributed by atoms with van der Waals surface area (Å²) in [6.07, 6.45) is 5.00. The van der Waals surface area contributed by atoms with Crippen LogP contribution >= 0.6 is 0 Å². The number of hydrogen-bond donors (Lipinski definition) is 2. The normalized spacial score (nSPS) is 13.9. The minimum atomic E-state index is -0.152. The summed E-state index contributed by atoms with van der Waals surface area (Å²) in [6.45, 7) is 0.919. The maximum Gasteiger partial charge on any atom is 0.256 e. The summed E-state index contributed by atoms with van der Waals surface area (Å²) in [5, 5.41) is 2.90. The third-order valence-corrected chi connectivity index (χ3v) is 3.36. The van der Waals surface area contributed by atoms with Crippen LogP contribution in [0.3, 0.4) is 0 Å². The van der Waals surface area contributed by atoms with Crippen molar-refractivity contribution in [2.45, 2.75) is 25.8 Å². The van der Waals surface area contributed by atoms with Crippen LogP contribution < -0.4 is 11.1 Å². The summed E-state index contributed by atoms with van der Waals surface area (Å²) < 4.78 is 2.08. The first-order valence-electron chi connectivity index (χ1n) is 6.45. The van der Waals surface area contributed by atoms with Crippen molar-refractivity contribution in [3.63, 3.8) is 0 Å². The van der Waals surface area contributed by atoms with Gasteiger partial charge in [-0.1, -0.05) is 6.07 Å². The van der Waals surface area contributed by atoms with E-state index < -0.39 is 0 Å². The van der Waals surface area contributed by atoms with Gasteiger partial charge in [-0.3, -0.25) is 4.79 Å². The molecule has 0 spiro atoms. The topological polar surface area (TPSA) is 72.9 Å². The molecule has 5 nitrogen and oxygen atoms in total. The van der Waals surface area contributed by atoms with Crippen molar-refractivity contribution in [1.82, 2.24) is 9.55 Å². The van der Waals surface area contributed by atoms with Gasteiger partial charge in [0.05, 0.1) is 6.20 Å². The highest BCUT2D eigenvalue weighted by molar-refractivity contribution is 6.04. The van der Waals surface area contributed by atoms with Crippen LogP contribution in [-0.4, -0.2) is 15.5 Å². The number of nitrogens with zero attached hydrogens (tertiary/aromatic N) is 2. The molecule has 1 aliphatic heterocycles. The molecule has 0 radical (unpaired) electrons. The zero-order valence-electron chi connectivity index (χ0n) is 10.6. The van der Waals surface area contributed by atoms with E-state index in [1.165, 1.54) is 6.42 Å². The number of hydrogen-bond acceptors (Lipinski definition) is 3. The van der Waals surface area contributed by atoms with Crippen molar-refractivity contribution in [2.24, 2.45) is 0 Å². The Balaban J connectivity index is 1.82. The van der Waals surface area contributed by atoms with Crippen molar-refractivity contribution in [3.8, 4) is 0 Å². The zero-order valence-corrected chi connectivity index (χ0v) is 10.6. The number of imidazole rings is 1. The van der Waals surface area contributed by atoms with Gasteiger partial charge in [0.1, 0.15) is 11.6 Å². The second-order valence-corrected chi connectivity index (χ2v) is 4.75. The second kappa shape index (κ2) is 4.76. The molecule has 1 amide bonds. The van der Waals surface area contributed by atoms with E-state index in [0.29, 0.717) is 11.3 Å². The maximum absolute atomic E-state index is 12.1. The molecule has 0 saturated carbocycles. The van der Waals surface area contributed by atoms with E-state index in [9.17, 15) is 4.79 Å². The number of nitrogens with two attached hydrogens (primary N) is 1. The second-order valence-electron chi connectivity index (χ2n) is 4.75. The number of anilines is 2. The molecule has 0 unspecified atom stereocenters. The fourth-order valence-electron chi connectivity index (χ4n) is 2.38. The molecule has 0 aliphatic carbocycles. The number of benzene rings is 1. The smallest absolute Gasteiger partial charge is 0.256 e. The third-order valence-electron chi connectivity index (χ3n) is 3.36. The Morgan fingerprint density at radius 2 is 2.26 bits per heavy atom. The number of carbonyl (C=O) groups is 1. The zero-order chi connectivity index (χ0) is 13.2. The van der Waals surface area contributed by atoms with E-state index in [-0.39, 0.29) is 5.91 Å². The van der Waals surface area contributed by atoms with Gasteiger partial charge in [0.25, 0.3) is 5.91 Å². The summed E-state index contributed by atoms with van der Waals surface area (Å²) >= 11 is 0. The molecule has 1 aliphatic rings. The highest BCUT2D eigenvalue weighted by atomic mass is 16.1. The van der Waals surface area contributed by atoms with E-state index in [0.717, 1.165) is 31.0 Å². The number of fused-ring (bicyclic) bond motifs is 1. The predicted molar refractivity (Wildman–Crippen MR) is 74.0 cm³/mol. The fraction of sp³-hybridized carbons (Fsp3) is 0.286. The highest BCUT2D eigenvalue weighted by Crippen LogP contribution is 2.20. The third kappa shape index (κ3) is 2.31. The Bertz CT molecular complexity index is 618. The van der Waals surface area contributed by atoms with Crippen molar-refractivity contribution in [1.29, 1.82) is 0 Å². The lowest BCUT2D eigenvalue weighted by Gasteiger charge is -2.16. The lowest BCUT2D eigenvalue weighted by Crippen LogP contribution is -2.18. The Morgan fingerprint density at radius 3 is 3.11 bits per heavy atom. The Hall–Kier alpha value is -2.30. The molecular weight excluding hydrogens is 240 g/mol. The number of aryl methyl sites for hydroxylation is 1. The van der Waals surface area contributed by atoms with Gasteiger partial charge in [0.15, 0.2) is 0 Å². The van der Waals surface area contributed by atoms with Crippen LogP contribution in [0.4, 0.5) is 11.5 Å². The van der Waals surface area contributed by atoms with Crippen LogP contribution in [0.25, 0.3) is 0 Å². The maximum atomic E-state index is 12.1. The first-order valence-corrected chi connectivity index (χ1v) is 6.45. The first-order chi connectivity index (χ1) is 9.24. The quantitative estimate of drug-likeness (QED) is 0.808. The Labute approximate surface area is 111 Å². The van der Waals surface area contributed by atoms with E-state index in [1.807, 2.05) is 0 Å². The van der Waals surface area contributed by atoms with E-state index in [4.69, 9.17) is 5.73 Å². The van der Waals surface area contributed by atoms with Gasteiger partial charge < -0.3 is 15.6 Å². The number of rotatable bonds is 2. The lowest BCUT2D eigenvalue weighted by molar-refractivity contribution is 0.102. The van der Waals surface area contributed by atoms with Gasteiger partial charge >= 0.3 is 0 Å². The minimum absolute atomic E-state index is 0.152. The lowest BCUT2D eigenvalue weighted by atomic mass is 10.2. The molecule has 2 aromatic rings. The molecule has 3 rings (SSSR count).